The van der Waals surface area contributed by atoms with Crippen molar-refractivity contribution in [2.24, 2.45) is 0 Å². The van der Waals surface area contributed by atoms with Gasteiger partial charge in [0.15, 0.2) is 0 Å². The third kappa shape index (κ3) is 4.34. The topological polar surface area (TPSA) is 49.1 Å². The van der Waals surface area contributed by atoms with Gasteiger partial charge in [0.25, 0.3) is 0 Å². The third-order valence-corrected chi connectivity index (χ3v) is 2.76. The van der Waals surface area contributed by atoms with E-state index >= 15 is 0 Å². The van der Waals surface area contributed by atoms with E-state index in [-0.39, 0.29) is 0 Å². The van der Waals surface area contributed by atoms with Crippen LogP contribution in [0.4, 0.5) is 0 Å². The summed E-state index contributed by atoms with van der Waals surface area (Å²) in [6.45, 7) is 10.1. The van der Waals surface area contributed by atoms with Gasteiger partial charge in [-0.25, -0.2) is 4.98 Å². The summed E-state index contributed by atoms with van der Waals surface area (Å²) in [5.41, 5.74) is 0.386. The quantitative estimate of drug-likeness (QED) is 0.774. The second-order valence-electron chi connectivity index (χ2n) is 4.75. The summed E-state index contributed by atoms with van der Waals surface area (Å²) in [5.74, 6) is 0.515. The molecule has 1 heterocycles. The van der Waals surface area contributed by atoms with E-state index in [0.29, 0.717) is 30.3 Å². The molecular formula is C14H21N3O. The van der Waals surface area contributed by atoms with Gasteiger partial charge in [-0.2, -0.15) is 5.26 Å². The Bertz CT molecular complexity index is 402. The van der Waals surface area contributed by atoms with Gasteiger partial charge in [0, 0.05) is 24.7 Å². The lowest BCUT2D eigenvalue weighted by atomic mass is 10.2. The van der Waals surface area contributed by atoms with Crippen LogP contribution in [0.25, 0.3) is 0 Å². The Morgan fingerprint density at radius 2 is 1.94 bits per heavy atom. The second-order valence-corrected chi connectivity index (χ2v) is 4.75. The molecule has 0 aromatic carbocycles. The van der Waals surface area contributed by atoms with Crippen LogP contribution in [0.1, 0.15) is 33.4 Å². The van der Waals surface area contributed by atoms with E-state index < -0.39 is 0 Å². The van der Waals surface area contributed by atoms with Crippen LogP contribution >= 0.6 is 0 Å². The molecule has 0 unspecified atom stereocenters. The van der Waals surface area contributed by atoms with Crippen LogP contribution < -0.4 is 4.74 Å². The number of rotatable bonds is 6. The summed E-state index contributed by atoms with van der Waals surface area (Å²) in [6, 6.07) is 8.21. The van der Waals surface area contributed by atoms with Gasteiger partial charge >= 0.3 is 0 Å². The van der Waals surface area contributed by atoms with E-state index in [1.54, 1.807) is 18.2 Å². The van der Waals surface area contributed by atoms with Gasteiger partial charge in [-0.05, 0) is 33.8 Å². The van der Waals surface area contributed by atoms with Gasteiger partial charge in [0.1, 0.15) is 18.4 Å². The number of nitriles is 1. The van der Waals surface area contributed by atoms with Gasteiger partial charge in [-0.15, -0.1) is 0 Å². The predicted octanol–water partition coefficient (Wildman–Crippen LogP) is 2.45. The Morgan fingerprint density at radius 3 is 2.50 bits per heavy atom. The molecule has 4 nitrogen and oxygen atoms in total. The molecule has 0 N–H and O–H groups in total. The summed E-state index contributed by atoms with van der Waals surface area (Å²) < 4.78 is 5.58. The van der Waals surface area contributed by atoms with Crippen molar-refractivity contribution in [2.45, 2.75) is 39.8 Å². The number of pyridine rings is 1. The fourth-order valence-electron chi connectivity index (χ4n) is 1.93. The molecular weight excluding hydrogens is 226 g/mol. The lowest BCUT2D eigenvalue weighted by molar-refractivity contribution is 0.140. The highest BCUT2D eigenvalue weighted by atomic mass is 16.5. The van der Waals surface area contributed by atoms with Crippen LogP contribution in [0.2, 0.25) is 0 Å². The first-order valence-electron chi connectivity index (χ1n) is 6.30. The van der Waals surface area contributed by atoms with E-state index in [4.69, 9.17) is 10.00 Å². The minimum absolute atomic E-state index is 0.386. The Kier molecular flexibility index (Phi) is 5.60. The molecule has 0 aliphatic rings. The fourth-order valence-corrected chi connectivity index (χ4v) is 1.93. The molecule has 1 aromatic rings. The zero-order chi connectivity index (χ0) is 13.5. The average Bonchev–Trinajstić information content (AvgIpc) is 2.34. The van der Waals surface area contributed by atoms with Crippen molar-refractivity contribution in [1.29, 1.82) is 5.26 Å². The van der Waals surface area contributed by atoms with Crippen molar-refractivity contribution in [3.8, 4) is 11.9 Å². The molecule has 0 aliphatic heterocycles. The number of nitrogens with zero attached hydrogens (tertiary/aromatic N) is 3. The highest BCUT2D eigenvalue weighted by molar-refractivity contribution is 5.24. The molecule has 0 saturated heterocycles. The van der Waals surface area contributed by atoms with Crippen molar-refractivity contribution >= 4 is 0 Å². The summed E-state index contributed by atoms with van der Waals surface area (Å²) >= 11 is 0. The lowest BCUT2D eigenvalue weighted by Crippen LogP contribution is -2.39. The van der Waals surface area contributed by atoms with Crippen LogP contribution in [-0.2, 0) is 0 Å². The van der Waals surface area contributed by atoms with E-state index in [2.05, 4.69) is 37.6 Å². The van der Waals surface area contributed by atoms with Gasteiger partial charge in [0.2, 0.25) is 5.88 Å². The molecule has 1 rings (SSSR count). The average molecular weight is 247 g/mol. The van der Waals surface area contributed by atoms with Crippen LogP contribution in [0.15, 0.2) is 18.2 Å². The molecule has 0 atom stereocenters. The van der Waals surface area contributed by atoms with Crippen LogP contribution in [-0.4, -0.2) is 35.1 Å². The lowest BCUT2D eigenvalue weighted by Gasteiger charge is -2.30. The number of hydrogen-bond acceptors (Lipinski definition) is 4. The molecule has 0 spiro atoms. The standard InChI is InChI=1S/C14H21N3O/c1-11(2)17(12(3)4)8-9-18-14-7-5-6-13(10-15)16-14/h5-7,11-12H,8-9H2,1-4H3. The van der Waals surface area contributed by atoms with Crippen LogP contribution in [0.3, 0.4) is 0 Å². The molecule has 98 valence electrons. The monoisotopic (exact) mass is 247 g/mol. The van der Waals surface area contributed by atoms with E-state index in [9.17, 15) is 0 Å². The minimum atomic E-state index is 0.386. The van der Waals surface area contributed by atoms with Crippen molar-refractivity contribution in [3.05, 3.63) is 23.9 Å². The van der Waals surface area contributed by atoms with Crippen molar-refractivity contribution in [2.75, 3.05) is 13.2 Å². The smallest absolute Gasteiger partial charge is 0.214 e. The predicted molar refractivity (Wildman–Crippen MR) is 71.4 cm³/mol. The zero-order valence-corrected chi connectivity index (χ0v) is 11.6. The van der Waals surface area contributed by atoms with E-state index in [1.165, 1.54) is 0 Å². The first-order valence-corrected chi connectivity index (χ1v) is 6.30. The highest BCUT2D eigenvalue weighted by Gasteiger charge is 2.12. The van der Waals surface area contributed by atoms with Gasteiger partial charge in [0.05, 0.1) is 0 Å². The molecule has 0 saturated carbocycles. The number of ether oxygens (including phenoxy) is 1. The summed E-state index contributed by atoms with van der Waals surface area (Å²) in [6.07, 6.45) is 0. The molecule has 0 radical (unpaired) electrons. The molecule has 0 bridgehead atoms. The maximum Gasteiger partial charge on any atom is 0.214 e. The van der Waals surface area contributed by atoms with Crippen molar-refractivity contribution in [3.63, 3.8) is 0 Å². The molecule has 0 amide bonds. The van der Waals surface area contributed by atoms with E-state index in [0.717, 1.165) is 6.54 Å². The largest absolute Gasteiger partial charge is 0.476 e. The molecule has 4 heteroatoms. The van der Waals surface area contributed by atoms with Crippen LogP contribution in [0, 0.1) is 11.3 Å². The van der Waals surface area contributed by atoms with Crippen LogP contribution in [0.5, 0.6) is 5.88 Å². The first kappa shape index (κ1) is 14.5. The maximum absolute atomic E-state index is 8.74. The maximum atomic E-state index is 8.74. The Morgan fingerprint density at radius 1 is 1.28 bits per heavy atom. The molecule has 0 aliphatic carbocycles. The summed E-state index contributed by atoms with van der Waals surface area (Å²) in [7, 11) is 0. The van der Waals surface area contributed by atoms with Crippen molar-refractivity contribution in [1.82, 2.24) is 9.88 Å². The second kappa shape index (κ2) is 6.97. The normalized spacial score (nSPS) is 11.0. The number of hydrogen-bond donors (Lipinski definition) is 0. The Balaban J connectivity index is 2.48. The SMILES string of the molecule is CC(C)N(CCOc1cccc(C#N)n1)C(C)C. The minimum Gasteiger partial charge on any atom is -0.476 e. The van der Waals surface area contributed by atoms with Gasteiger partial charge in [-0.3, -0.25) is 4.90 Å². The first-order chi connectivity index (χ1) is 8.54. The molecule has 18 heavy (non-hydrogen) atoms. The van der Waals surface area contributed by atoms with Gasteiger partial charge in [-0.1, -0.05) is 6.07 Å². The molecule has 0 fully saturated rings. The number of aromatic nitrogens is 1. The molecule has 1 aromatic heterocycles. The zero-order valence-electron chi connectivity index (χ0n) is 11.6. The van der Waals surface area contributed by atoms with Gasteiger partial charge < -0.3 is 4.74 Å². The highest BCUT2D eigenvalue weighted by Crippen LogP contribution is 2.08. The fraction of sp³-hybridized carbons (Fsp3) is 0.571. The Labute approximate surface area is 109 Å². The third-order valence-electron chi connectivity index (χ3n) is 2.76. The summed E-state index contributed by atoms with van der Waals surface area (Å²) in [4.78, 5) is 6.43. The summed E-state index contributed by atoms with van der Waals surface area (Å²) in [5, 5.41) is 8.74. The van der Waals surface area contributed by atoms with Crippen molar-refractivity contribution < 1.29 is 4.74 Å². The Hall–Kier alpha value is -1.60. The van der Waals surface area contributed by atoms with E-state index in [1.807, 2.05) is 6.07 Å².